The molecule has 0 atom stereocenters. The Bertz CT molecular complexity index is 1310. The van der Waals surface area contributed by atoms with Crippen LogP contribution in [-0.4, -0.2) is 9.97 Å². The molecule has 0 spiro atoms. The van der Waals surface area contributed by atoms with Crippen molar-refractivity contribution in [3.8, 4) is 22.4 Å². The summed E-state index contributed by atoms with van der Waals surface area (Å²) < 4.78 is 0. The number of rotatable bonds is 0. The monoisotopic (exact) mass is 362 g/mol. The number of pyridine rings is 2. The van der Waals surface area contributed by atoms with E-state index < -0.39 is 0 Å². The average molecular weight is 362 g/mol. The summed E-state index contributed by atoms with van der Waals surface area (Å²) in [5.41, 5.74) is 10.7. The van der Waals surface area contributed by atoms with Crippen molar-refractivity contribution in [2.75, 3.05) is 0 Å². The Hall–Kier alpha value is -3.00. The predicted octanol–water partition coefficient (Wildman–Crippen LogP) is 6.24. The SMILES string of the molecule is CC1(C)c2cc3cnccc3cc2-c2c1ccc1c2C(C)(C)c2cccnc2-1. The standard InChI is InChI=1S/C26H22N2/c1-25(2)19-8-7-17-23(26(3,4)20-6-5-10-28-24(17)20)22(19)18-12-15-9-11-27-14-16(15)13-21(18)25/h5-14H,1-4H3. The summed E-state index contributed by atoms with van der Waals surface area (Å²) >= 11 is 0. The van der Waals surface area contributed by atoms with Crippen LogP contribution in [0.4, 0.5) is 0 Å². The van der Waals surface area contributed by atoms with Gasteiger partial charge in [-0.2, -0.15) is 0 Å². The van der Waals surface area contributed by atoms with Gasteiger partial charge in [0.1, 0.15) is 0 Å². The fourth-order valence-corrected chi connectivity index (χ4v) is 5.51. The van der Waals surface area contributed by atoms with Crippen LogP contribution in [0.2, 0.25) is 0 Å². The minimum Gasteiger partial charge on any atom is -0.264 e. The van der Waals surface area contributed by atoms with Gasteiger partial charge >= 0.3 is 0 Å². The highest BCUT2D eigenvalue weighted by Gasteiger charge is 2.44. The van der Waals surface area contributed by atoms with Crippen molar-refractivity contribution in [1.29, 1.82) is 0 Å². The number of benzene rings is 2. The van der Waals surface area contributed by atoms with Crippen LogP contribution in [0.15, 0.2) is 61.1 Å². The molecule has 0 N–H and O–H groups in total. The molecule has 0 radical (unpaired) electrons. The van der Waals surface area contributed by atoms with Gasteiger partial charge in [0.25, 0.3) is 0 Å². The van der Waals surface area contributed by atoms with E-state index in [1.807, 2.05) is 18.6 Å². The summed E-state index contributed by atoms with van der Waals surface area (Å²) in [6, 6.07) is 15.8. The Balaban J connectivity index is 1.77. The third-order valence-electron chi connectivity index (χ3n) is 6.96. The summed E-state index contributed by atoms with van der Waals surface area (Å²) in [6.07, 6.45) is 5.77. The van der Waals surface area contributed by atoms with E-state index in [-0.39, 0.29) is 10.8 Å². The van der Waals surface area contributed by atoms with Crippen molar-refractivity contribution in [3.63, 3.8) is 0 Å². The lowest BCUT2D eigenvalue weighted by atomic mass is 9.77. The molecule has 28 heavy (non-hydrogen) atoms. The van der Waals surface area contributed by atoms with Gasteiger partial charge in [-0.1, -0.05) is 45.9 Å². The van der Waals surface area contributed by atoms with Gasteiger partial charge in [-0.25, -0.2) is 0 Å². The van der Waals surface area contributed by atoms with Crippen molar-refractivity contribution in [2.45, 2.75) is 38.5 Å². The summed E-state index contributed by atoms with van der Waals surface area (Å²) in [4.78, 5) is 9.09. The maximum Gasteiger partial charge on any atom is 0.0746 e. The normalized spacial score (nSPS) is 17.1. The molecule has 2 nitrogen and oxygen atoms in total. The van der Waals surface area contributed by atoms with Crippen molar-refractivity contribution in [3.05, 3.63) is 83.3 Å². The molecule has 2 heterocycles. The lowest BCUT2D eigenvalue weighted by molar-refractivity contribution is 0.647. The Kier molecular flexibility index (Phi) is 2.79. The number of hydrogen-bond acceptors (Lipinski definition) is 2. The van der Waals surface area contributed by atoms with Crippen molar-refractivity contribution < 1.29 is 0 Å². The van der Waals surface area contributed by atoms with Gasteiger partial charge in [-0.15, -0.1) is 0 Å². The lowest BCUT2D eigenvalue weighted by Crippen LogP contribution is -2.18. The van der Waals surface area contributed by atoms with Crippen LogP contribution >= 0.6 is 0 Å². The van der Waals surface area contributed by atoms with Crippen LogP contribution in [0.1, 0.15) is 49.9 Å². The molecule has 2 heteroatoms. The first-order valence-corrected chi connectivity index (χ1v) is 9.93. The van der Waals surface area contributed by atoms with E-state index >= 15 is 0 Å². The first-order valence-electron chi connectivity index (χ1n) is 9.93. The van der Waals surface area contributed by atoms with Gasteiger partial charge < -0.3 is 0 Å². The predicted molar refractivity (Wildman–Crippen MR) is 115 cm³/mol. The van der Waals surface area contributed by atoms with Gasteiger partial charge in [0, 0.05) is 40.4 Å². The van der Waals surface area contributed by atoms with E-state index in [2.05, 4.69) is 75.1 Å². The molecule has 4 aromatic rings. The molecule has 0 bridgehead atoms. The molecule has 0 amide bonds. The maximum absolute atomic E-state index is 4.76. The van der Waals surface area contributed by atoms with Gasteiger partial charge in [0.15, 0.2) is 0 Å². The van der Waals surface area contributed by atoms with Crippen LogP contribution in [0.25, 0.3) is 33.2 Å². The Labute approximate surface area is 165 Å². The summed E-state index contributed by atoms with van der Waals surface area (Å²) in [5, 5.41) is 2.46. The molecule has 0 fully saturated rings. The van der Waals surface area contributed by atoms with Gasteiger partial charge in [-0.05, 0) is 63.0 Å². The van der Waals surface area contributed by atoms with E-state index in [0.29, 0.717) is 0 Å². The highest BCUT2D eigenvalue weighted by molar-refractivity contribution is 5.97. The zero-order chi connectivity index (χ0) is 19.3. The van der Waals surface area contributed by atoms with Crippen LogP contribution in [0.3, 0.4) is 0 Å². The van der Waals surface area contributed by atoms with Crippen molar-refractivity contribution in [2.24, 2.45) is 0 Å². The van der Waals surface area contributed by atoms with Gasteiger partial charge in [0.05, 0.1) is 5.69 Å². The van der Waals surface area contributed by atoms with Crippen molar-refractivity contribution in [1.82, 2.24) is 9.97 Å². The van der Waals surface area contributed by atoms with Crippen LogP contribution in [-0.2, 0) is 10.8 Å². The number of nitrogens with zero attached hydrogens (tertiary/aromatic N) is 2. The van der Waals surface area contributed by atoms with Crippen molar-refractivity contribution >= 4 is 10.8 Å². The molecule has 0 saturated carbocycles. The minimum absolute atomic E-state index is 0.0258. The van der Waals surface area contributed by atoms with E-state index in [4.69, 9.17) is 4.98 Å². The fourth-order valence-electron chi connectivity index (χ4n) is 5.51. The Morgan fingerprint density at radius 1 is 0.714 bits per heavy atom. The molecule has 2 aromatic carbocycles. The Morgan fingerprint density at radius 3 is 2.43 bits per heavy atom. The number of hydrogen-bond donors (Lipinski definition) is 0. The number of fused-ring (bicyclic) bond motifs is 8. The second-order valence-corrected chi connectivity index (χ2v) is 9.18. The summed E-state index contributed by atoms with van der Waals surface area (Å²) in [6.45, 7) is 9.38. The fraction of sp³-hybridized carbons (Fsp3) is 0.231. The average Bonchev–Trinajstić information content (AvgIpc) is 3.06. The van der Waals surface area contributed by atoms with Crippen LogP contribution < -0.4 is 0 Å². The zero-order valence-corrected chi connectivity index (χ0v) is 16.7. The molecular weight excluding hydrogens is 340 g/mol. The van der Waals surface area contributed by atoms with E-state index in [0.717, 1.165) is 5.69 Å². The molecule has 0 aliphatic heterocycles. The molecule has 6 rings (SSSR count). The van der Waals surface area contributed by atoms with E-state index in [1.165, 1.54) is 49.7 Å². The highest BCUT2D eigenvalue weighted by atomic mass is 14.7. The number of aromatic nitrogens is 2. The molecule has 0 saturated heterocycles. The van der Waals surface area contributed by atoms with E-state index in [9.17, 15) is 0 Å². The Morgan fingerprint density at radius 2 is 1.57 bits per heavy atom. The summed E-state index contributed by atoms with van der Waals surface area (Å²) in [5.74, 6) is 0. The smallest absolute Gasteiger partial charge is 0.0746 e. The lowest BCUT2D eigenvalue weighted by Gasteiger charge is -2.25. The zero-order valence-electron chi connectivity index (χ0n) is 16.7. The highest BCUT2D eigenvalue weighted by Crippen LogP contribution is 2.58. The first kappa shape index (κ1) is 16.0. The maximum atomic E-state index is 4.76. The topological polar surface area (TPSA) is 25.8 Å². The third-order valence-corrected chi connectivity index (χ3v) is 6.96. The summed E-state index contributed by atoms with van der Waals surface area (Å²) in [7, 11) is 0. The van der Waals surface area contributed by atoms with E-state index in [1.54, 1.807) is 0 Å². The second-order valence-electron chi connectivity index (χ2n) is 9.18. The minimum atomic E-state index is -0.0604. The second kappa shape index (κ2) is 4.88. The molecule has 2 aliphatic carbocycles. The van der Waals surface area contributed by atoms with Crippen LogP contribution in [0.5, 0.6) is 0 Å². The molecule has 0 unspecified atom stereocenters. The first-order chi connectivity index (χ1) is 13.4. The molecule has 2 aliphatic rings. The third kappa shape index (κ3) is 1.74. The van der Waals surface area contributed by atoms with Crippen LogP contribution in [0, 0.1) is 0 Å². The quantitative estimate of drug-likeness (QED) is 0.370. The molecule has 2 aromatic heterocycles. The largest absolute Gasteiger partial charge is 0.264 e. The molecular formula is C26H22N2. The van der Waals surface area contributed by atoms with Gasteiger partial charge in [0.2, 0.25) is 0 Å². The van der Waals surface area contributed by atoms with Gasteiger partial charge in [-0.3, -0.25) is 9.97 Å². The molecule has 136 valence electrons.